The molecule has 23 heavy (non-hydrogen) atoms. The number of benzene rings is 1. The molecule has 1 unspecified atom stereocenters. The number of nitrogens with zero attached hydrogens (tertiary/aromatic N) is 5. The minimum Gasteiger partial charge on any atom is -0.369 e. The SMILES string of the molecule is CCc1nnc(CN2CCN(c3cccc(Cl)c3)CC2C)n1C. The van der Waals surface area contributed by atoms with Crippen molar-refractivity contribution < 1.29 is 0 Å². The lowest BCUT2D eigenvalue weighted by Gasteiger charge is -2.40. The summed E-state index contributed by atoms with van der Waals surface area (Å²) in [6.45, 7) is 8.26. The summed E-state index contributed by atoms with van der Waals surface area (Å²) >= 11 is 6.11. The smallest absolute Gasteiger partial charge is 0.146 e. The number of rotatable bonds is 4. The van der Waals surface area contributed by atoms with Gasteiger partial charge in [0.15, 0.2) is 0 Å². The van der Waals surface area contributed by atoms with Gasteiger partial charge in [-0.25, -0.2) is 0 Å². The predicted octanol–water partition coefficient (Wildman–Crippen LogP) is 2.74. The van der Waals surface area contributed by atoms with Crippen LogP contribution in [0.25, 0.3) is 0 Å². The number of halogens is 1. The van der Waals surface area contributed by atoms with Crippen LogP contribution < -0.4 is 4.90 Å². The van der Waals surface area contributed by atoms with Crippen LogP contribution in [0.3, 0.4) is 0 Å². The first-order chi connectivity index (χ1) is 11.1. The Morgan fingerprint density at radius 2 is 2.00 bits per heavy atom. The van der Waals surface area contributed by atoms with E-state index in [4.69, 9.17) is 11.6 Å². The molecule has 1 aliphatic rings. The van der Waals surface area contributed by atoms with Gasteiger partial charge >= 0.3 is 0 Å². The minimum atomic E-state index is 0.463. The van der Waals surface area contributed by atoms with E-state index in [2.05, 4.69) is 51.5 Å². The summed E-state index contributed by atoms with van der Waals surface area (Å²) in [4.78, 5) is 4.88. The van der Waals surface area contributed by atoms with Crippen LogP contribution in [0.2, 0.25) is 5.02 Å². The quantitative estimate of drug-likeness (QED) is 0.862. The lowest BCUT2D eigenvalue weighted by molar-refractivity contribution is 0.175. The van der Waals surface area contributed by atoms with Crippen LogP contribution >= 0.6 is 11.6 Å². The average Bonchev–Trinajstić information content (AvgIpc) is 2.89. The second-order valence-corrected chi connectivity index (χ2v) is 6.63. The molecule has 0 bridgehead atoms. The lowest BCUT2D eigenvalue weighted by atomic mass is 10.1. The van der Waals surface area contributed by atoms with Crippen LogP contribution in [0.1, 0.15) is 25.5 Å². The molecule has 1 atom stereocenters. The predicted molar refractivity (Wildman–Crippen MR) is 93.9 cm³/mol. The van der Waals surface area contributed by atoms with E-state index < -0.39 is 0 Å². The highest BCUT2D eigenvalue weighted by Gasteiger charge is 2.25. The van der Waals surface area contributed by atoms with Crippen molar-refractivity contribution in [1.82, 2.24) is 19.7 Å². The molecule has 124 valence electrons. The first-order valence-corrected chi connectivity index (χ1v) is 8.58. The Kier molecular flexibility index (Phi) is 4.87. The Morgan fingerprint density at radius 3 is 2.65 bits per heavy atom. The zero-order valence-corrected chi connectivity index (χ0v) is 14.8. The molecule has 2 heterocycles. The molecule has 0 aliphatic carbocycles. The van der Waals surface area contributed by atoms with Crippen LogP contribution in [-0.4, -0.2) is 45.3 Å². The van der Waals surface area contributed by atoms with Crippen molar-refractivity contribution in [2.75, 3.05) is 24.5 Å². The molecule has 1 aromatic heterocycles. The van der Waals surface area contributed by atoms with E-state index in [1.165, 1.54) is 5.69 Å². The molecular weight excluding hydrogens is 310 g/mol. The van der Waals surface area contributed by atoms with Crippen molar-refractivity contribution in [3.05, 3.63) is 40.9 Å². The van der Waals surface area contributed by atoms with Gasteiger partial charge in [0.2, 0.25) is 0 Å². The van der Waals surface area contributed by atoms with Crippen molar-refractivity contribution >= 4 is 17.3 Å². The molecule has 6 heteroatoms. The summed E-state index contributed by atoms with van der Waals surface area (Å²) in [6, 6.07) is 8.57. The molecule has 0 N–H and O–H groups in total. The molecule has 2 aromatic rings. The molecule has 0 amide bonds. The summed E-state index contributed by atoms with van der Waals surface area (Å²) in [5.74, 6) is 2.09. The van der Waals surface area contributed by atoms with Crippen LogP contribution in [-0.2, 0) is 20.0 Å². The van der Waals surface area contributed by atoms with Gasteiger partial charge in [-0.05, 0) is 25.1 Å². The van der Waals surface area contributed by atoms with Gasteiger partial charge in [0.05, 0.1) is 6.54 Å². The monoisotopic (exact) mass is 333 g/mol. The first-order valence-electron chi connectivity index (χ1n) is 8.20. The maximum atomic E-state index is 6.11. The number of hydrogen-bond donors (Lipinski definition) is 0. The van der Waals surface area contributed by atoms with Gasteiger partial charge in [-0.3, -0.25) is 4.90 Å². The van der Waals surface area contributed by atoms with Gasteiger partial charge in [-0.1, -0.05) is 24.6 Å². The lowest BCUT2D eigenvalue weighted by Crippen LogP contribution is -2.51. The third-order valence-corrected chi connectivity index (χ3v) is 4.89. The summed E-state index contributed by atoms with van der Waals surface area (Å²) < 4.78 is 2.12. The van der Waals surface area contributed by atoms with E-state index >= 15 is 0 Å². The third-order valence-electron chi connectivity index (χ3n) is 4.65. The first kappa shape index (κ1) is 16.3. The Labute approximate surface area is 142 Å². The van der Waals surface area contributed by atoms with E-state index in [9.17, 15) is 0 Å². The van der Waals surface area contributed by atoms with Crippen LogP contribution in [0.4, 0.5) is 5.69 Å². The molecular formula is C17H24ClN5. The van der Waals surface area contributed by atoms with Crippen molar-refractivity contribution in [2.45, 2.75) is 32.9 Å². The largest absolute Gasteiger partial charge is 0.369 e. The van der Waals surface area contributed by atoms with Gasteiger partial charge in [0.25, 0.3) is 0 Å². The fourth-order valence-corrected chi connectivity index (χ4v) is 3.35. The number of piperazine rings is 1. The highest BCUT2D eigenvalue weighted by atomic mass is 35.5. The van der Waals surface area contributed by atoms with Crippen molar-refractivity contribution in [3.63, 3.8) is 0 Å². The van der Waals surface area contributed by atoms with E-state index in [1.807, 2.05) is 18.2 Å². The number of aryl methyl sites for hydroxylation is 1. The van der Waals surface area contributed by atoms with Gasteiger partial charge in [-0.2, -0.15) is 0 Å². The zero-order chi connectivity index (χ0) is 16.4. The second-order valence-electron chi connectivity index (χ2n) is 6.19. The standard InChI is InChI=1S/C17H24ClN5/c1-4-16-19-20-17(21(16)3)12-22-8-9-23(11-13(22)2)15-7-5-6-14(18)10-15/h5-7,10,13H,4,8-9,11-12H2,1-3H3. The Balaban J connectivity index is 1.65. The molecule has 0 saturated carbocycles. The fraction of sp³-hybridized carbons (Fsp3) is 0.529. The highest BCUT2D eigenvalue weighted by Crippen LogP contribution is 2.23. The second kappa shape index (κ2) is 6.89. The molecule has 0 spiro atoms. The fourth-order valence-electron chi connectivity index (χ4n) is 3.16. The third kappa shape index (κ3) is 3.51. The molecule has 1 fully saturated rings. The van der Waals surface area contributed by atoms with E-state index in [1.54, 1.807) is 0 Å². The molecule has 1 aromatic carbocycles. The summed E-state index contributed by atoms with van der Waals surface area (Å²) in [7, 11) is 2.06. The normalized spacial score (nSPS) is 19.3. The number of anilines is 1. The Bertz CT molecular complexity index is 669. The van der Waals surface area contributed by atoms with Gasteiger partial charge in [-0.15, -0.1) is 10.2 Å². The Hall–Kier alpha value is -1.59. The van der Waals surface area contributed by atoms with Crippen LogP contribution in [0.5, 0.6) is 0 Å². The number of hydrogen-bond acceptors (Lipinski definition) is 4. The van der Waals surface area contributed by atoms with Crippen LogP contribution in [0, 0.1) is 0 Å². The zero-order valence-electron chi connectivity index (χ0n) is 14.0. The topological polar surface area (TPSA) is 37.2 Å². The maximum absolute atomic E-state index is 6.11. The summed E-state index contributed by atoms with van der Waals surface area (Å²) in [5, 5.41) is 9.40. The van der Waals surface area contributed by atoms with Crippen LogP contribution in [0.15, 0.2) is 24.3 Å². The van der Waals surface area contributed by atoms with E-state index in [-0.39, 0.29) is 0 Å². The molecule has 5 nitrogen and oxygen atoms in total. The highest BCUT2D eigenvalue weighted by molar-refractivity contribution is 6.30. The summed E-state index contributed by atoms with van der Waals surface area (Å²) in [5.41, 5.74) is 1.20. The number of aromatic nitrogens is 3. The summed E-state index contributed by atoms with van der Waals surface area (Å²) in [6.07, 6.45) is 0.918. The molecule has 0 radical (unpaired) electrons. The Morgan fingerprint density at radius 1 is 1.22 bits per heavy atom. The minimum absolute atomic E-state index is 0.463. The molecule has 1 saturated heterocycles. The van der Waals surface area contributed by atoms with Crippen molar-refractivity contribution in [1.29, 1.82) is 0 Å². The maximum Gasteiger partial charge on any atom is 0.146 e. The van der Waals surface area contributed by atoms with Gasteiger partial charge < -0.3 is 9.47 Å². The van der Waals surface area contributed by atoms with E-state index in [0.717, 1.165) is 49.3 Å². The molecule has 3 rings (SSSR count). The van der Waals surface area contributed by atoms with E-state index in [0.29, 0.717) is 6.04 Å². The molecule has 1 aliphatic heterocycles. The van der Waals surface area contributed by atoms with Gasteiger partial charge in [0.1, 0.15) is 11.6 Å². The van der Waals surface area contributed by atoms with Crippen molar-refractivity contribution in [2.24, 2.45) is 7.05 Å². The van der Waals surface area contributed by atoms with Gasteiger partial charge in [0, 0.05) is 49.9 Å². The van der Waals surface area contributed by atoms with Crippen molar-refractivity contribution in [3.8, 4) is 0 Å². The average molecular weight is 334 g/mol.